The van der Waals surface area contributed by atoms with Gasteiger partial charge in [0.2, 0.25) is 0 Å². The molecular weight excluding hydrogens is 291 g/mol. The van der Waals surface area contributed by atoms with Crippen molar-refractivity contribution < 1.29 is 12.6 Å². The van der Waals surface area contributed by atoms with E-state index in [0.717, 1.165) is 4.47 Å². The summed E-state index contributed by atoms with van der Waals surface area (Å²) in [7, 11) is -3.41. The summed E-state index contributed by atoms with van der Waals surface area (Å²) in [5.74, 6) is 0.393. The molecule has 0 saturated carbocycles. The van der Waals surface area contributed by atoms with E-state index in [1.807, 2.05) is 0 Å². The molecule has 80 valence electrons. The van der Waals surface area contributed by atoms with Gasteiger partial charge in [-0.3, -0.25) is 0 Å². The first-order chi connectivity index (χ1) is 6.53. The van der Waals surface area contributed by atoms with Gasteiger partial charge >= 0.3 is 39.7 Å². The van der Waals surface area contributed by atoms with Crippen molar-refractivity contribution in [1.29, 1.82) is 0 Å². The van der Waals surface area contributed by atoms with Gasteiger partial charge in [0, 0.05) is 4.47 Å². The second-order valence-corrected chi connectivity index (χ2v) is 5.41. The van der Waals surface area contributed by atoms with E-state index in [1.54, 1.807) is 31.2 Å². The van der Waals surface area contributed by atoms with Gasteiger partial charge in [-0.1, -0.05) is 22.9 Å². The average Bonchev–Trinajstić information content (AvgIpc) is 2.08. The molecule has 1 aromatic carbocycles. The maximum absolute atomic E-state index is 11.3. The molecular formula is C9H12BrNaO3S. The second-order valence-electron chi connectivity index (χ2n) is 2.80. The van der Waals surface area contributed by atoms with Crippen LogP contribution in [0.15, 0.2) is 28.7 Å². The summed E-state index contributed by atoms with van der Waals surface area (Å²) in [6.07, 6.45) is 0.554. The Morgan fingerprint density at radius 1 is 1.27 bits per heavy atom. The summed E-state index contributed by atoms with van der Waals surface area (Å²) in [4.78, 5) is 0. The molecule has 1 rings (SSSR count). The maximum atomic E-state index is 11.3. The van der Waals surface area contributed by atoms with Crippen LogP contribution in [0.2, 0.25) is 0 Å². The standard InChI is InChI=1S/C9H11BrO3S.Na.H/c1-2-7-14(11,12)13-9-5-3-8(10)4-6-9;;/h3-6H,2,7H2,1H3;;. The molecule has 0 spiro atoms. The van der Waals surface area contributed by atoms with Crippen molar-refractivity contribution in [1.82, 2.24) is 0 Å². The Hall–Kier alpha value is 0.450. The van der Waals surface area contributed by atoms with E-state index in [0.29, 0.717) is 12.2 Å². The monoisotopic (exact) mass is 302 g/mol. The minimum atomic E-state index is -3.41. The zero-order chi connectivity index (χ0) is 10.6. The van der Waals surface area contributed by atoms with Gasteiger partial charge in [-0.05, 0) is 30.7 Å². The Labute approximate surface area is 121 Å². The summed E-state index contributed by atoms with van der Waals surface area (Å²) in [5, 5.41) is 0. The van der Waals surface area contributed by atoms with Crippen LogP contribution < -0.4 is 4.18 Å². The minimum absolute atomic E-state index is 0. The molecule has 1 aromatic rings. The summed E-state index contributed by atoms with van der Waals surface area (Å²) < 4.78 is 28.2. The summed E-state index contributed by atoms with van der Waals surface area (Å²) in [6.45, 7) is 1.79. The van der Waals surface area contributed by atoms with E-state index in [1.165, 1.54) is 0 Å². The molecule has 0 N–H and O–H groups in total. The van der Waals surface area contributed by atoms with Crippen molar-refractivity contribution in [2.24, 2.45) is 0 Å². The molecule has 0 aliphatic carbocycles. The van der Waals surface area contributed by atoms with Crippen molar-refractivity contribution in [2.45, 2.75) is 13.3 Å². The van der Waals surface area contributed by atoms with Crippen LogP contribution in [0.25, 0.3) is 0 Å². The van der Waals surface area contributed by atoms with E-state index in [9.17, 15) is 8.42 Å². The first-order valence-corrected chi connectivity index (χ1v) is 6.58. The molecule has 3 nitrogen and oxygen atoms in total. The summed E-state index contributed by atoms with van der Waals surface area (Å²) >= 11 is 3.25. The van der Waals surface area contributed by atoms with Gasteiger partial charge in [0.1, 0.15) is 5.75 Å². The topological polar surface area (TPSA) is 43.4 Å². The van der Waals surface area contributed by atoms with Crippen molar-refractivity contribution in [2.75, 3.05) is 5.75 Å². The van der Waals surface area contributed by atoms with Crippen molar-refractivity contribution in [3.8, 4) is 5.75 Å². The molecule has 0 aliphatic heterocycles. The molecule has 0 fully saturated rings. The molecule has 0 radical (unpaired) electrons. The van der Waals surface area contributed by atoms with Crippen LogP contribution in [0.4, 0.5) is 0 Å². The fraction of sp³-hybridized carbons (Fsp3) is 0.333. The van der Waals surface area contributed by atoms with Crippen molar-refractivity contribution >= 4 is 55.6 Å². The molecule has 0 aromatic heterocycles. The molecule has 15 heavy (non-hydrogen) atoms. The molecule has 0 amide bonds. The first kappa shape index (κ1) is 15.4. The summed E-state index contributed by atoms with van der Waals surface area (Å²) in [5.41, 5.74) is 0. The average molecular weight is 303 g/mol. The van der Waals surface area contributed by atoms with Crippen LogP contribution in [0.5, 0.6) is 5.75 Å². The first-order valence-electron chi connectivity index (χ1n) is 4.21. The molecule has 0 aliphatic rings. The van der Waals surface area contributed by atoms with Crippen LogP contribution >= 0.6 is 15.9 Å². The zero-order valence-electron chi connectivity index (χ0n) is 7.73. The SMILES string of the molecule is CCCS(=O)(=O)Oc1ccc(Br)cc1.[NaH]. The molecule has 0 saturated heterocycles. The predicted octanol–water partition coefficient (Wildman–Crippen LogP) is 1.92. The molecule has 0 unspecified atom stereocenters. The number of hydrogen-bond donors (Lipinski definition) is 0. The van der Waals surface area contributed by atoms with Gasteiger partial charge in [0.25, 0.3) is 0 Å². The zero-order valence-corrected chi connectivity index (χ0v) is 10.1. The number of hydrogen-bond acceptors (Lipinski definition) is 3. The predicted molar refractivity (Wildman–Crippen MR) is 66.0 cm³/mol. The van der Waals surface area contributed by atoms with Gasteiger partial charge in [-0.15, -0.1) is 0 Å². The van der Waals surface area contributed by atoms with E-state index in [-0.39, 0.29) is 35.3 Å². The number of benzene rings is 1. The van der Waals surface area contributed by atoms with Gasteiger partial charge in [0.15, 0.2) is 0 Å². The molecule has 0 bridgehead atoms. The van der Waals surface area contributed by atoms with E-state index in [2.05, 4.69) is 15.9 Å². The second kappa shape index (κ2) is 6.91. The number of rotatable bonds is 4. The van der Waals surface area contributed by atoms with E-state index in [4.69, 9.17) is 4.18 Å². The Morgan fingerprint density at radius 3 is 2.27 bits per heavy atom. The van der Waals surface area contributed by atoms with Crippen LogP contribution in [0, 0.1) is 0 Å². The van der Waals surface area contributed by atoms with Crippen LogP contribution in [0.1, 0.15) is 13.3 Å². The quantitative estimate of drug-likeness (QED) is 0.630. The van der Waals surface area contributed by atoms with Gasteiger partial charge in [0.05, 0.1) is 5.75 Å². The van der Waals surface area contributed by atoms with Gasteiger partial charge in [-0.25, -0.2) is 0 Å². The normalized spacial score (nSPS) is 10.5. The molecule has 6 heteroatoms. The Morgan fingerprint density at radius 2 is 1.80 bits per heavy atom. The Balaban J connectivity index is 0.00000196. The van der Waals surface area contributed by atoms with E-state index < -0.39 is 10.1 Å². The Kier molecular flexibility index (Phi) is 7.12. The van der Waals surface area contributed by atoms with Crippen molar-refractivity contribution in [3.63, 3.8) is 0 Å². The third-order valence-electron chi connectivity index (χ3n) is 1.49. The fourth-order valence-electron chi connectivity index (χ4n) is 0.928. The van der Waals surface area contributed by atoms with Crippen LogP contribution in [-0.2, 0) is 10.1 Å². The van der Waals surface area contributed by atoms with E-state index >= 15 is 0 Å². The number of halogens is 1. The van der Waals surface area contributed by atoms with Crippen molar-refractivity contribution in [3.05, 3.63) is 28.7 Å². The third-order valence-corrected chi connectivity index (χ3v) is 3.37. The molecule has 0 heterocycles. The van der Waals surface area contributed by atoms with Crippen LogP contribution in [-0.4, -0.2) is 43.7 Å². The molecule has 0 atom stereocenters. The van der Waals surface area contributed by atoms with Gasteiger partial charge in [-0.2, -0.15) is 8.42 Å². The summed E-state index contributed by atoms with van der Waals surface area (Å²) in [6, 6.07) is 6.68. The van der Waals surface area contributed by atoms with Gasteiger partial charge < -0.3 is 4.18 Å². The fourth-order valence-corrected chi connectivity index (χ4v) is 2.18. The van der Waals surface area contributed by atoms with Crippen LogP contribution in [0.3, 0.4) is 0 Å². The Bertz CT molecular complexity index is 388. The third kappa shape index (κ3) is 5.92.